The summed E-state index contributed by atoms with van der Waals surface area (Å²) in [6.45, 7) is 9.15. The Labute approximate surface area is 214 Å². The van der Waals surface area contributed by atoms with Gasteiger partial charge in [-0.25, -0.2) is 0 Å². The van der Waals surface area contributed by atoms with Gasteiger partial charge in [0.2, 0.25) is 0 Å². The Balaban J connectivity index is -0.000000109. The van der Waals surface area contributed by atoms with Crippen LogP contribution in [0.4, 0.5) is 0 Å². The number of aliphatic hydroxyl groups is 1. The van der Waals surface area contributed by atoms with Gasteiger partial charge >= 0.3 is 40.0 Å². The van der Waals surface area contributed by atoms with E-state index in [4.69, 9.17) is 22.6 Å². The fourth-order valence-corrected chi connectivity index (χ4v) is 2.43. The van der Waals surface area contributed by atoms with Crippen LogP contribution in [-0.2, 0) is 15.1 Å². The van der Waals surface area contributed by atoms with Crippen molar-refractivity contribution in [2.45, 2.75) is 96.8 Å². The number of allylic oxidation sites excluding steroid dienone is 2. The molecular weight excluding hydrogens is 431 g/mol. The van der Waals surface area contributed by atoms with Crippen molar-refractivity contribution in [2.24, 2.45) is 0 Å². The molecule has 0 aliphatic carbocycles. The van der Waals surface area contributed by atoms with E-state index in [0.29, 0.717) is 6.61 Å². The molecule has 0 radical (unpaired) electrons. The molecule has 0 rings (SSSR count). The molecular formula is C22H47NaO7S. The summed E-state index contributed by atoms with van der Waals surface area (Å²) in [7, 11) is -4.67. The first kappa shape index (κ1) is 41.1. The molecule has 0 aromatic heterocycles. The fourth-order valence-electron chi connectivity index (χ4n) is 2.43. The standard InChI is InChI=1S/C18H36O.C4H6O.Na.H2O4S.H2O.H/c1-2-3-4-5-6-7-8-9-10-11-12-13-14-15-16-17-18-19;1-3-5-4-2;;1-5(2,3)4;;/h9-10,19H,2-8,11-18H2,1H3;3-4H,1-2H2;;(H2,1,2,3,4);1H2;/q;;+1;;;-1/b10-9-;;;;;. The van der Waals surface area contributed by atoms with Crippen molar-refractivity contribution >= 4 is 10.4 Å². The Kier molecular flexibility index (Phi) is 49.2. The third-order valence-corrected chi connectivity index (χ3v) is 3.86. The van der Waals surface area contributed by atoms with Gasteiger partial charge in [-0.2, -0.15) is 8.42 Å². The van der Waals surface area contributed by atoms with Crippen LogP contribution in [0.5, 0.6) is 0 Å². The largest absolute Gasteiger partial charge is 1.00 e. The zero-order chi connectivity index (χ0) is 22.6. The topological polar surface area (TPSA) is 136 Å². The van der Waals surface area contributed by atoms with E-state index < -0.39 is 10.4 Å². The number of rotatable bonds is 17. The number of unbranched alkanes of at least 4 members (excludes halogenated alkanes) is 12. The Morgan fingerprint density at radius 2 is 1.10 bits per heavy atom. The summed E-state index contributed by atoms with van der Waals surface area (Å²) >= 11 is 0. The minimum atomic E-state index is -4.67. The molecule has 0 fully saturated rings. The molecule has 0 aliphatic rings. The Morgan fingerprint density at radius 1 is 0.774 bits per heavy atom. The van der Waals surface area contributed by atoms with Gasteiger partial charge in [-0.05, 0) is 32.1 Å². The number of hydrogen-bond acceptors (Lipinski definition) is 4. The molecule has 9 heteroatoms. The summed E-state index contributed by atoms with van der Waals surface area (Å²) < 4.78 is 35.9. The van der Waals surface area contributed by atoms with Gasteiger partial charge in [-0.3, -0.25) is 9.11 Å². The maximum atomic E-state index is 8.74. The zero-order valence-electron chi connectivity index (χ0n) is 20.8. The van der Waals surface area contributed by atoms with Crippen LogP contribution in [0.2, 0.25) is 0 Å². The monoisotopic (exact) mass is 478 g/mol. The molecule has 0 saturated heterocycles. The molecule has 31 heavy (non-hydrogen) atoms. The van der Waals surface area contributed by atoms with Crippen LogP contribution >= 0.6 is 0 Å². The number of aliphatic hydroxyl groups excluding tert-OH is 1. The molecule has 0 heterocycles. The van der Waals surface area contributed by atoms with Crippen molar-refractivity contribution in [1.82, 2.24) is 0 Å². The van der Waals surface area contributed by atoms with Crippen molar-refractivity contribution in [2.75, 3.05) is 6.61 Å². The minimum Gasteiger partial charge on any atom is -1.00 e. The van der Waals surface area contributed by atoms with Crippen LogP contribution in [0.15, 0.2) is 37.8 Å². The Hall–Kier alpha value is -0.190. The SMILES string of the molecule is C=COC=C.CCCCCCCC/C=C\CCCCCCCCO.O.O=S(=O)(O)O.[H-].[Na+]. The molecule has 0 aromatic carbocycles. The molecule has 5 N–H and O–H groups in total. The molecule has 184 valence electrons. The second-order valence-electron chi connectivity index (χ2n) is 6.58. The van der Waals surface area contributed by atoms with Gasteiger partial charge in [-0.15, -0.1) is 0 Å². The average Bonchev–Trinajstić information content (AvgIpc) is 2.65. The third kappa shape index (κ3) is 72.7. The van der Waals surface area contributed by atoms with Crippen molar-refractivity contribution < 1.29 is 63.8 Å². The maximum absolute atomic E-state index is 8.74. The first-order valence-corrected chi connectivity index (χ1v) is 12.1. The van der Waals surface area contributed by atoms with Crippen LogP contribution in [0.1, 0.15) is 98.2 Å². The van der Waals surface area contributed by atoms with Crippen molar-refractivity contribution in [1.29, 1.82) is 0 Å². The van der Waals surface area contributed by atoms with Gasteiger partial charge in [0.05, 0.1) is 12.5 Å². The first-order valence-electron chi connectivity index (χ1n) is 10.7. The Bertz CT molecular complexity index is 447. The number of ether oxygens (including phenoxy) is 1. The molecule has 0 aromatic rings. The Morgan fingerprint density at radius 3 is 1.39 bits per heavy atom. The predicted octanol–water partition coefficient (Wildman–Crippen LogP) is 2.95. The van der Waals surface area contributed by atoms with Crippen molar-refractivity contribution in [3.05, 3.63) is 37.8 Å². The quantitative estimate of drug-likeness (QED) is 0.0967. The summed E-state index contributed by atoms with van der Waals surface area (Å²) in [5, 5.41) is 8.66. The van der Waals surface area contributed by atoms with Crippen LogP contribution in [-0.4, -0.2) is 34.7 Å². The zero-order valence-corrected chi connectivity index (χ0v) is 22.6. The summed E-state index contributed by atoms with van der Waals surface area (Å²) in [5.74, 6) is 0. The van der Waals surface area contributed by atoms with Crippen LogP contribution in [0.25, 0.3) is 0 Å². The fraction of sp³-hybridized carbons (Fsp3) is 0.727. The van der Waals surface area contributed by atoms with E-state index in [1.807, 2.05) is 0 Å². The van der Waals surface area contributed by atoms with E-state index in [1.165, 1.54) is 96.0 Å². The van der Waals surface area contributed by atoms with E-state index in [-0.39, 0.29) is 36.5 Å². The van der Waals surface area contributed by atoms with Crippen molar-refractivity contribution in [3.63, 3.8) is 0 Å². The number of hydrogen-bond donors (Lipinski definition) is 3. The van der Waals surface area contributed by atoms with Gasteiger partial charge < -0.3 is 16.7 Å². The van der Waals surface area contributed by atoms with Gasteiger partial charge in [-0.1, -0.05) is 90.0 Å². The molecule has 0 amide bonds. The minimum absolute atomic E-state index is 0. The summed E-state index contributed by atoms with van der Waals surface area (Å²) in [5.41, 5.74) is 0. The third-order valence-electron chi connectivity index (χ3n) is 3.86. The van der Waals surface area contributed by atoms with E-state index >= 15 is 0 Å². The van der Waals surface area contributed by atoms with Gasteiger partial charge in [0.25, 0.3) is 0 Å². The van der Waals surface area contributed by atoms with Gasteiger partial charge in [0.1, 0.15) is 0 Å². The molecule has 0 bridgehead atoms. The average molecular weight is 479 g/mol. The molecule has 0 spiro atoms. The molecule has 0 atom stereocenters. The maximum Gasteiger partial charge on any atom is 1.00 e. The molecule has 0 aliphatic heterocycles. The predicted molar refractivity (Wildman–Crippen MR) is 127 cm³/mol. The smallest absolute Gasteiger partial charge is 1.00 e. The second-order valence-corrected chi connectivity index (χ2v) is 7.47. The van der Waals surface area contributed by atoms with Crippen molar-refractivity contribution in [3.8, 4) is 0 Å². The molecule has 7 nitrogen and oxygen atoms in total. The molecule has 0 saturated carbocycles. The van der Waals surface area contributed by atoms with Crippen LogP contribution < -0.4 is 29.6 Å². The van der Waals surface area contributed by atoms with Gasteiger partial charge in [0.15, 0.2) is 0 Å². The van der Waals surface area contributed by atoms with E-state index in [1.54, 1.807) is 0 Å². The summed E-state index contributed by atoms with van der Waals surface area (Å²) in [4.78, 5) is 0. The van der Waals surface area contributed by atoms with Gasteiger partial charge in [0, 0.05) is 6.61 Å². The first-order chi connectivity index (χ1) is 13.8. The molecule has 0 unspecified atom stereocenters. The second kappa shape index (κ2) is 37.1. The summed E-state index contributed by atoms with van der Waals surface area (Å²) in [6.07, 6.45) is 25.8. The van der Waals surface area contributed by atoms with E-state index in [0.717, 1.165) is 6.42 Å². The van der Waals surface area contributed by atoms with Crippen LogP contribution in [0.3, 0.4) is 0 Å². The van der Waals surface area contributed by atoms with E-state index in [2.05, 4.69) is 37.0 Å². The summed E-state index contributed by atoms with van der Waals surface area (Å²) in [6, 6.07) is 0. The van der Waals surface area contributed by atoms with E-state index in [9.17, 15) is 0 Å². The normalized spacial score (nSPS) is 9.81. The van der Waals surface area contributed by atoms with Crippen LogP contribution in [0, 0.1) is 0 Å².